The minimum Gasteiger partial charge on any atom is -0.495 e. The number of nitrogens with one attached hydrogen (secondary N) is 2. The SMILES string of the molecule is COc1cc(C(=O)O)ccc1NC(=O)C1NC(CC(C)(C)C)[C@](C#N)(c2ccc(Cl)cc2F)[C@H]1c1cccc(Cl)c1F. The molecule has 3 aromatic carbocycles. The highest BCUT2D eigenvalue weighted by Gasteiger charge is 2.61. The summed E-state index contributed by atoms with van der Waals surface area (Å²) in [7, 11) is 1.32. The largest absolute Gasteiger partial charge is 0.495 e. The normalized spacial score (nSPS) is 21.9. The van der Waals surface area contributed by atoms with Crippen LogP contribution in [0.5, 0.6) is 5.75 Å². The molecule has 0 aromatic heterocycles. The number of nitriles is 1. The van der Waals surface area contributed by atoms with Gasteiger partial charge in [-0.15, -0.1) is 0 Å². The number of carboxylic acid groups (broad SMARTS) is 1. The summed E-state index contributed by atoms with van der Waals surface area (Å²) < 4.78 is 36.8. The Balaban J connectivity index is 1.95. The summed E-state index contributed by atoms with van der Waals surface area (Å²) in [6.07, 6.45) is 0.307. The lowest BCUT2D eigenvalue weighted by atomic mass is 9.62. The number of nitrogens with zero attached hydrogens (tertiary/aromatic N) is 1. The Labute approximate surface area is 252 Å². The highest BCUT2D eigenvalue weighted by Crippen LogP contribution is 2.53. The molecule has 1 aliphatic rings. The van der Waals surface area contributed by atoms with Crippen molar-refractivity contribution < 1.29 is 28.2 Å². The lowest BCUT2D eigenvalue weighted by molar-refractivity contribution is -0.118. The predicted molar refractivity (Wildman–Crippen MR) is 156 cm³/mol. The van der Waals surface area contributed by atoms with Crippen LogP contribution in [0.15, 0.2) is 54.6 Å². The lowest BCUT2D eigenvalue weighted by Gasteiger charge is -2.37. The fourth-order valence-corrected chi connectivity index (χ4v) is 6.04. The zero-order chi connectivity index (χ0) is 31.0. The standard InChI is InChI=1S/C31H29Cl2F2N3O4/c1-30(2,3)14-24-31(15-36,19-10-9-17(32)13-21(19)34)25(18-6-5-7-20(33)26(18)35)27(38-24)28(39)37-22-11-8-16(29(40)41)12-23(22)42-4/h5-13,24-25,27,38H,14H2,1-4H3,(H,37,39)(H,40,41)/t24?,25-,27?,31-/m0/s1. The number of hydrogen-bond donors (Lipinski definition) is 3. The van der Waals surface area contributed by atoms with Gasteiger partial charge in [-0.25, -0.2) is 13.6 Å². The number of benzene rings is 3. The first-order valence-electron chi connectivity index (χ1n) is 13.0. The van der Waals surface area contributed by atoms with E-state index in [1.807, 2.05) is 20.8 Å². The summed E-state index contributed by atoms with van der Waals surface area (Å²) >= 11 is 12.2. The van der Waals surface area contributed by atoms with Gasteiger partial charge in [0, 0.05) is 22.5 Å². The number of rotatable bonds is 7. The van der Waals surface area contributed by atoms with E-state index in [0.717, 1.165) is 6.07 Å². The number of carbonyl (C=O) groups is 2. The molecule has 0 radical (unpaired) electrons. The molecule has 11 heteroatoms. The van der Waals surface area contributed by atoms with Crippen molar-refractivity contribution in [3.8, 4) is 11.8 Å². The van der Waals surface area contributed by atoms with Gasteiger partial charge in [0.25, 0.3) is 0 Å². The average Bonchev–Trinajstić information content (AvgIpc) is 3.23. The van der Waals surface area contributed by atoms with Crippen LogP contribution in [0.25, 0.3) is 0 Å². The minimum atomic E-state index is -1.78. The third-order valence-corrected chi connectivity index (χ3v) is 7.96. The molecule has 7 nitrogen and oxygen atoms in total. The molecule has 3 N–H and O–H groups in total. The van der Waals surface area contributed by atoms with Gasteiger partial charge >= 0.3 is 5.97 Å². The van der Waals surface area contributed by atoms with Crippen molar-refractivity contribution in [2.45, 2.75) is 50.6 Å². The van der Waals surface area contributed by atoms with E-state index >= 15 is 8.78 Å². The Hall–Kier alpha value is -3.71. The topological polar surface area (TPSA) is 111 Å². The molecule has 220 valence electrons. The van der Waals surface area contributed by atoms with Gasteiger partial charge in [0.2, 0.25) is 5.91 Å². The van der Waals surface area contributed by atoms with Gasteiger partial charge in [0.05, 0.1) is 35.5 Å². The quantitative estimate of drug-likeness (QED) is 0.265. The first-order chi connectivity index (χ1) is 19.7. The van der Waals surface area contributed by atoms with Crippen molar-refractivity contribution in [3.63, 3.8) is 0 Å². The second-order valence-electron chi connectivity index (χ2n) is 11.4. The zero-order valence-corrected chi connectivity index (χ0v) is 24.8. The van der Waals surface area contributed by atoms with Crippen molar-refractivity contribution in [2.75, 3.05) is 12.4 Å². The average molecular weight is 616 g/mol. The van der Waals surface area contributed by atoms with Crippen LogP contribution in [-0.4, -0.2) is 36.2 Å². The molecular weight excluding hydrogens is 587 g/mol. The molecule has 42 heavy (non-hydrogen) atoms. The molecule has 0 spiro atoms. The molecule has 4 atom stereocenters. The summed E-state index contributed by atoms with van der Waals surface area (Å²) in [5.74, 6) is -4.65. The number of carbonyl (C=O) groups excluding carboxylic acids is 1. The third-order valence-electron chi connectivity index (χ3n) is 7.44. The molecule has 0 aliphatic carbocycles. The first kappa shape index (κ1) is 31.2. The van der Waals surface area contributed by atoms with Crippen molar-refractivity contribution in [1.29, 1.82) is 5.26 Å². The smallest absolute Gasteiger partial charge is 0.335 e. The highest BCUT2D eigenvalue weighted by atomic mass is 35.5. The number of halogens is 4. The van der Waals surface area contributed by atoms with E-state index in [0.29, 0.717) is 6.42 Å². The Morgan fingerprint density at radius 1 is 1.14 bits per heavy atom. The van der Waals surface area contributed by atoms with Gasteiger partial charge in [0.15, 0.2) is 0 Å². The highest BCUT2D eigenvalue weighted by molar-refractivity contribution is 6.31. The van der Waals surface area contributed by atoms with Gasteiger partial charge in [-0.05, 0) is 53.8 Å². The van der Waals surface area contributed by atoms with Crippen molar-refractivity contribution in [1.82, 2.24) is 5.32 Å². The molecule has 1 saturated heterocycles. The second kappa shape index (κ2) is 11.9. The summed E-state index contributed by atoms with van der Waals surface area (Å²) in [6.45, 7) is 5.81. The Morgan fingerprint density at radius 3 is 2.45 bits per heavy atom. The van der Waals surface area contributed by atoms with Crippen molar-refractivity contribution >= 4 is 40.8 Å². The van der Waals surface area contributed by atoms with E-state index in [2.05, 4.69) is 16.7 Å². The molecule has 0 bridgehead atoms. The van der Waals surface area contributed by atoms with E-state index in [1.54, 1.807) is 0 Å². The van der Waals surface area contributed by atoms with Gasteiger partial charge in [-0.1, -0.05) is 62.2 Å². The van der Waals surface area contributed by atoms with Crippen LogP contribution in [-0.2, 0) is 10.2 Å². The van der Waals surface area contributed by atoms with E-state index in [4.69, 9.17) is 27.9 Å². The maximum atomic E-state index is 15.8. The molecule has 1 aliphatic heterocycles. The van der Waals surface area contributed by atoms with Crippen molar-refractivity contribution in [2.24, 2.45) is 5.41 Å². The number of carboxylic acids is 1. The van der Waals surface area contributed by atoms with Gasteiger partial charge < -0.3 is 20.5 Å². The Morgan fingerprint density at radius 2 is 1.86 bits per heavy atom. The van der Waals surface area contributed by atoms with Gasteiger partial charge in [-0.2, -0.15) is 5.26 Å². The van der Waals surface area contributed by atoms with E-state index in [1.165, 1.54) is 55.6 Å². The minimum absolute atomic E-state index is 0.0424. The molecule has 1 amide bonds. The fourth-order valence-electron chi connectivity index (χ4n) is 5.69. The van der Waals surface area contributed by atoms with E-state index in [9.17, 15) is 20.0 Å². The van der Waals surface area contributed by atoms with Gasteiger partial charge in [-0.3, -0.25) is 4.79 Å². The molecule has 0 saturated carbocycles. The Kier molecular flexibility index (Phi) is 8.84. The summed E-state index contributed by atoms with van der Waals surface area (Å²) in [4.78, 5) is 25.5. The van der Waals surface area contributed by atoms with Crippen LogP contribution < -0.4 is 15.4 Å². The molecule has 1 heterocycles. The molecule has 2 unspecified atom stereocenters. The maximum absolute atomic E-state index is 15.8. The van der Waals surface area contributed by atoms with Crippen LogP contribution in [0.1, 0.15) is 54.6 Å². The van der Waals surface area contributed by atoms with Crippen LogP contribution in [0, 0.1) is 28.4 Å². The molecule has 4 rings (SSSR count). The van der Waals surface area contributed by atoms with E-state index < -0.39 is 52.3 Å². The molecular formula is C31H29Cl2F2N3O4. The Bertz CT molecular complexity index is 1590. The number of ether oxygens (including phenoxy) is 1. The number of methoxy groups -OCH3 is 1. The molecule has 1 fully saturated rings. The summed E-state index contributed by atoms with van der Waals surface area (Å²) in [6, 6.07) is 12.3. The summed E-state index contributed by atoms with van der Waals surface area (Å²) in [5, 5.41) is 26.1. The first-order valence-corrected chi connectivity index (χ1v) is 13.8. The lowest BCUT2D eigenvalue weighted by Crippen LogP contribution is -2.45. The van der Waals surface area contributed by atoms with E-state index in [-0.39, 0.29) is 38.2 Å². The predicted octanol–water partition coefficient (Wildman–Crippen LogP) is 6.94. The summed E-state index contributed by atoms with van der Waals surface area (Å²) in [5.41, 5.74) is -2.18. The zero-order valence-electron chi connectivity index (χ0n) is 23.3. The van der Waals surface area contributed by atoms with Crippen LogP contribution in [0.2, 0.25) is 10.0 Å². The number of amides is 1. The number of hydrogen-bond acceptors (Lipinski definition) is 5. The van der Waals surface area contributed by atoms with Gasteiger partial charge in [0.1, 0.15) is 22.8 Å². The fraction of sp³-hybridized carbons (Fsp3) is 0.323. The van der Waals surface area contributed by atoms with Crippen LogP contribution >= 0.6 is 23.2 Å². The number of anilines is 1. The van der Waals surface area contributed by atoms with Crippen LogP contribution in [0.4, 0.5) is 14.5 Å². The third kappa shape index (κ3) is 5.80. The maximum Gasteiger partial charge on any atom is 0.335 e. The van der Waals surface area contributed by atoms with Crippen LogP contribution in [0.3, 0.4) is 0 Å². The van der Waals surface area contributed by atoms with Crippen molar-refractivity contribution in [3.05, 3.63) is 93.0 Å². The second-order valence-corrected chi connectivity index (χ2v) is 12.2. The monoisotopic (exact) mass is 615 g/mol. The number of aromatic carboxylic acids is 1. The molecule has 3 aromatic rings.